The topological polar surface area (TPSA) is 69.9 Å². The van der Waals surface area contributed by atoms with Gasteiger partial charge in [0, 0.05) is 12.7 Å². The van der Waals surface area contributed by atoms with Crippen molar-refractivity contribution in [1.82, 2.24) is 0 Å². The highest BCUT2D eigenvalue weighted by Crippen LogP contribution is 2.34. The summed E-state index contributed by atoms with van der Waals surface area (Å²) in [6.45, 7) is 0.715. The summed E-state index contributed by atoms with van der Waals surface area (Å²) in [5.41, 5.74) is 0. The van der Waals surface area contributed by atoms with Crippen molar-refractivity contribution in [2.24, 2.45) is 0 Å². The van der Waals surface area contributed by atoms with Gasteiger partial charge < -0.3 is 20.1 Å². The third-order valence-corrected chi connectivity index (χ3v) is 2.22. The van der Waals surface area contributed by atoms with Gasteiger partial charge in [0.05, 0.1) is 6.61 Å². The Morgan fingerprint density at radius 3 is 2.62 bits per heavy atom. The molecule has 0 amide bonds. The zero-order valence-electron chi connectivity index (χ0n) is 9.15. The van der Waals surface area contributed by atoms with Crippen LogP contribution < -0.4 is 4.74 Å². The largest absolute Gasteiger partial charge is 0.504 e. The molecule has 1 rings (SSSR count). The lowest BCUT2D eigenvalue weighted by atomic mass is 10.2. The van der Waals surface area contributed by atoms with Crippen molar-refractivity contribution in [3.63, 3.8) is 0 Å². The van der Waals surface area contributed by atoms with Crippen LogP contribution in [0.3, 0.4) is 0 Å². The van der Waals surface area contributed by atoms with Gasteiger partial charge in [-0.1, -0.05) is 6.42 Å². The molecular weight excluding hydrogens is 208 g/mol. The monoisotopic (exact) mass is 225 g/mol. The van der Waals surface area contributed by atoms with Crippen LogP contribution in [-0.4, -0.2) is 28.5 Å². The van der Waals surface area contributed by atoms with Crippen molar-refractivity contribution >= 4 is 0 Å². The van der Waals surface area contributed by atoms with Gasteiger partial charge in [-0.3, -0.25) is 0 Å². The fraction of sp³-hybridized carbons (Fsp3) is 0.500. The fourth-order valence-electron chi connectivity index (χ4n) is 1.33. The number of rotatable bonds is 7. The van der Waals surface area contributed by atoms with Crippen LogP contribution in [0.1, 0.15) is 25.7 Å². The third-order valence-electron chi connectivity index (χ3n) is 2.22. The summed E-state index contributed by atoms with van der Waals surface area (Å²) in [5.74, 6) is -0.283. The number of benzene rings is 1. The van der Waals surface area contributed by atoms with Gasteiger partial charge >= 0.3 is 0 Å². The average molecular weight is 225 g/mol. The van der Waals surface area contributed by atoms with E-state index in [1.807, 2.05) is 0 Å². The molecule has 0 bridgehead atoms. The van der Waals surface area contributed by atoms with E-state index < -0.39 is 0 Å². The molecule has 4 heteroatoms. The van der Waals surface area contributed by atoms with Crippen LogP contribution in [0.2, 0.25) is 0 Å². The lowest BCUT2D eigenvalue weighted by molar-refractivity contribution is 0.267. The summed E-state index contributed by atoms with van der Waals surface area (Å²) in [5, 5.41) is 27.1. The number of unbranched alkanes of at least 4 members (excludes halogenated alkanes) is 3. The van der Waals surface area contributed by atoms with Crippen LogP contribution in [0.5, 0.6) is 17.2 Å². The van der Waals surface area contributed by atoms with Crippen LogP contribution in [-0.2, 0) is 0 Å². The van der Waals surface area contributed by atoms with Crippen molar-refractivity contribution in [3.05, 3.63) is 18.2 Å². The van der Waals surface area contributed by atoms with Crippen LogP contribution >= 0.6 is 0 Å². The molecule has 0 atom stereocenters. The van der Waals surface area contributed by atoms with Crippen molar-refractivity contribution in [3.8, 4) is 17.2 Å². The molecule has 1 radical (unpaired) electrons. The van der Waals surface area contributed by atoms with E-state index in [4.69, 9.17) is 14.9 Å². The Kier molecular flexibility index (Phi) is 5.50. The van der Waals surface area contributed by atoms with Crippen molar-refractivity contribution < 1.29 is 20.1 Å². The molecule has 0 saturated carbocycles. The number of ether oxygens (including phenoxy) is 1. The minimum atomic E-state index is -0.294. The van der Waals surface area contributed by atoms with Crippen LogP contribution in [0, 0.1) is 6.07 Å². The summed E-state index contributed by atoms with van der Waals surface area (Å²) in [6, 6.07) is 5.51. The molecule has 1 aromatic rings. The maximum absolute atomic E-state index is 9.40. The number of phenolic OH excluding ortho intramolecular Hbond substituents is 2. The van der Waals surface area contributed by atoms with Gasteiger partial charge in [0.1, 0.15) is 0 Å². The summed E-state index contributed by atoms with van der Waals surface area (Å²) >= 11 is 0. The Hall–Kier alpha value is -1.42. The molecule has 3 N–H and O–H groups in total. The van der Waals surface area contributed by atoms with E-state index in [-0.39, 0.29) is 23.9 Å². The molecule has 0 aliphatic carbocycles. The maximum atomic E-state index is 9.40. The second-order valence-corrected chi connectivity index (χ2v) is 3.53. The molecule has 4 nitrogen and oxygen atoms in total. The SMILES string of the molecule is OCCCCCCOc1cc[c]c(O)c1O. The van der Waals surface area contributed by atoms with Crippen molar-refractivity contribution in [2.45, 2.75) is 25.7 Å². The average Bonchev–Trinajstić information content (AvgIpc) is 2.29. The number of aromatic hydroxyl groups is 2. The second kappa shape index (κ2) is 6.95. The first-order valence-corrected chi connectivity index (χ1v) is 5.42. The van der Waals surface area contributed by atoms with E-state index in [9.17, 15) is 5.11 Å². The van der Waals surface area contributed by atoms with Crippen molar-refractivity contribution in [2.75, 3.05) is 13.2 Å². The smallest absolute Gasteiger partial charge is 0.201 e. The quantitative estimate of drug-likeness (QED) is 0.489. The minimum absolute atomic E-state index is 0.226. The summed E-state index contributed by atoms with van der Waals surface area (Å²) in [7, 11) is 0. The van der Waals surface area contributed by atoms with Gasteiger partial charge in [-0.2, -0.15) is 0 Å². The van der Waals surface area contributed by atoms with E-state index in [2.05, 4.69) is 6.07 Å². The van der Waals surface area contributed by atoms with E-state index in [0.29, 0.717) is 6.61 Å². The standard InChI is InChI=1S/C12H17O4/c13-8-3-1-2-4-9-16-11-7-5-6-10(14)12(11)15/h5,7,13-15H,1-4,8-9H2. The van der Waals surface area contributed by atoms with Gasteiger partial charge in [0.15, 0.2) is 11.5 Å². The van der Waals surface area contributed by atoms with Crippen LogP contribution in [0.4, 0.5) is 0 Å². The number of hydrogen-bond donors (Lipinski definition) is 3. The zero-order chi connectivity index (χ0) is 11.8. The highest BCUT2D eigenvalue weighted by Gasteiger charge is 2.06. The predicted molar refractivity (Wildman–Crippen MR) is 59.7 cm³/mol. The molecule has 0 heterocycles. The minimum Gasteiger partial charge on any atom is -0.504 e. The number of hydrogen-bond acceptors (Lipinski definition) is 4. The Labute approximate surface area is 95.1 Å². The third kappa shape index (κ3) is 3.98. The first kappa shape index (κ1) is 12.6. The molecule has 16 heavy (non-hydrogen) atoms. The highest BCUT2D eigenvalue weighted by atomic mass is 16.5. The molecule has 0 saturated heterocycles. The van der Waals surface area contributed by atoms with Crippen LogP contribution in [0.15, 0.2) is 12.1 Å². The number of aliphatic hydroxyl groups is 1. The van der Waals surface area contributed by atoms with E-state index in [1.54, 1.807) is 6.07 Å². The molecule has 89 valence electrons. The summed E-state index contributed by atoms with van der Waals surface area (Å²) in [4.78, 5) is 0. The number of phenols is 2. The van der Waals surface area contributed by atoms with E-state index in [0.717, 1.165) is 25.7 Å². The highest BCUT2D eigenvalue weighted by molar-refractivity contribution is 5.48. The lowest BCUT2D eigenvalue weighted by Gasteiger charge is -2.08. The van der Waals surface area contributed by atoms with Gasteiger partial charge in [0.2, 0.25) is 5.75 Å². The van der Waals surface area contributed by atoms with Crippen molar-refractivity contribution in [1.29, 1.82) is 0 Å². The Morgan fingerprint density at radius 1 is 1.12 bits per heavy atom. The van der Waals surface area contributed by atoms with E-state index in [1.165, 1.54) is 6.07 Å². The van der Waals surface area contributed by atoms with E-state index >= 15 is 0 Å². The van der Waals surface area contributed by atoms with Gasteiger partial charge in [0.25, 0.3) is 0 Å². The molecule has 0 unspecified atom stereocenters. The normalized spacial score (nSPS) is 10.3. The van der Waals surface area contributed by atoms with Gasteiger partial charge in [-0.15, -0.1) is 0 Å². The first-order chi connectivity index (χ1) is 7.75. The first-order valence-electron chi connectivity index (χ1n) is 5.42. The zero-order valence-corrected chi connectivity index (χ0v) is 9.15. The molecule has 1 aromatic carbocycles. The Bertz CT molecular complexity index is 312. The molecule has 0 aliphatic rings. The fourth-order valence-corrected chi connectivity index (χ4v) is 1.33. The molecule has 0 fully saturated rings. The second-order valence-electron chi connectivity index (χ2n) is 3.53. The molecule has 0 aromatic heterocycles. The van der Waals surface area contributed by atoms with Gasteiger partial charge in [-0.05, 0) is 31.4 Å². The Balaban J connectivity index is 2.24. The van der Waals surface area contributed by atoms with Crippen LogP contribution in [0.25, 0.3) is 0 Å². The summed E-state index contributed by atoms with van der Waals surface area (Å²) in [6.07, 6.45) is 3.62. The predicted octanol–water partition coefficient (Wildman–Crippen LogP) is 1.83. The maximum Gasteiger partial charge on any atom is 0.201 e. The van der Waals surface area contributed by atoms with Gasteiger partial charge in [-0.25, -0.2) is 0 Å². The number of aliphatic hydroxyl groups excluding tert-OH is 1. The lowest BCUT2D eigenvalue weighted by Crippen LogP contribution is -1.97. The molecule has 0 spiro atoms. The Morgan fingerprint density at radius 2 is 1.88 bits per heavy atom. The summed E-state index contributed by atoms with van der Waals surface area (Å²) < 4.78 is 5.31. The molecular formula is C12H17O4. The molecule has 0 aliphatic heterocycles.